The molecule has 3 N–H and O–H groups in total. The van der Waals surface area contributed by atoms with Crippen LogP contribution in [0.15, 0.2) is 27.8 Å². The first-order valence-electron chi connectivity index (χ1n) is 5.19. The van der Waals surface area contributed by atoms with Crippen molar-refractivity contribution in [3.63, 3.8) is 0 Å². The lowest BCUT2D eigenvalue weighted by Gasteiger charge is -1.98. The Bertz CT molecular complexity index is 903. The van der Waals surface area contributed by atoms with Crippen LogP contribution in [0.2, 0.25) is 5.02 Å². The van der Waals surface area contributed by atoms with Crippen LogP contribution in [0.3, 0.4) is 0 Å². The van der Waals surface area contributed by atoms with Gasteiger partial charge in [0.15, 0.2) is 0 Å². The van der Waals surface area contributed by atoms with Crippen LogP contribution in [-0.4, -0.2) is 14.2 Å². The fraction of sp³-hybridized carbons (Fsp3) is 0.0909. The maximum atomic E-state index is 12.0. The summed E-state index contributed by atoms with van der Waals surface area (Å²) in [4.78, 5) is 26.1. The maximum Gasteiger partial charge on any atom is 0.347 e. The van der Waals surface area contributed by atoms with E-state index in [1.807, 2.05) is 0 Å². The molecule has 92 valence electrons. The lowest BCUT2D eigenvalue weighted by molar-refractivity contribution is 0.842. The molecule has 0 aliphatic rings. The number of aromatic amines is 1. The zero-order valence-corrected chi connectivity index (χ0v) is 10.2. The molecule has 0 radical (unpaired) electrons. The van der Waals surface area contributed by atoms with Crippen LogP contribution in [0.1, 0.15) is 0 Å². The van der Waals surface area contributed by atoms with Crippen LogP contribution < -0.4 is 17.1 Å². The molecule has 3 aromatic rings. The molecule has 0 fully saturated rings. The molecule has 0 aliphatic carbocycles. The second-order valence-corrected chi connectivity index (χ2v) is 4.49. The quantitative estimate of drug-likeness (QED) is 0.582. The van der Waals surface area contributed by atoms with E-state index in [1.165, 1.54) is 0 Å². The predicted molar refractivity (Wildman–Crippen MR) is 70.5 cm³/mol. The monoisotopic (exact) mass is 264 g/mol. The molecule has 0 saturated carbocycles. The van der Waals surface area contributed by atoms with Crippen molar-refractivity contribution in [2.45, 2.75) is 0 Å². The highest BCUT2D eigenvalue weighted by Gasteiger charge is 2.14. The summed E-state index contributed by atoms with van der Waals surface area (Å²) in [5, 5.41) is 1.32. The average Bonchev–Trinajstić information content (AvgIpc) is 2.60. The number of hydrogen-bond donors (Lipinski definition) is 2. The van der Waals surface area contributed by atoms with Crippen LogP contribution >= 0.6 is 11.6 Å². The third-order valence-corrected chi connectivity index (χ3v) is 3.27. The van der Waals surface area contributed by atoms with E-state index in [1.54, 1.807) is 29.8 Å². The maximum absolute atomic E-state index is 12.0. The smallest absolute Gasteiger partial charge is 0.338 e. The summed E-state index contributed by atoms with van der Waals surface area (Å²) in [6.07, 6.45) is 0. The Hall–Kier alpha value is -2.21. The van der Waals surface area contributed by atoms with E-state index in [4.69, 9.17) is 17.4 Å². The summed E-state index contributed by atoms with van der Waals surface area (Å²) >= 11 is 5.93. The molecule has 6 nitrogen and oxygen atoms in total. The van der Waals surface area contributed by atoms with E-state index in [0.29, 0.717) is 20.7 Å². The van der Waals surface area contributed by atoms with Crippen LogP contribution in [0.4, 0.5) is 0 Å². The second kappa shape index (κ2) is 3.39. The van der Waals surface area contributed by atoms with Crippen molar-refractivity contribution in [3.8, 4) is 0 Å². The molecule has 0 bridgehead atoms. The van der Waals surface area contributed by atoms with Crippen LogP contribution in [0.25, 0.3) is 21.9 Å². The van der Waals surface area contributed by atoms with E-state index >= 15 is 0 Å². The van der Waals surface area contributed by atoms with E-state index in [2.05, 4.69) is 4.98 Å². The molecule has 0 aliphatic heterocycles. The number of rotatable bonds is 0. The molecule has 1 aromatic carbocycles. The minimum Gasteiger partial charge on any atom is -0.338 e. The summed E-state index contributed by atoms with van der Waals surface area (Å²) in [5.41, 5.74) is 0.394. The first kappa shape index (κ1) is 10.9. The van der Waals surface area contributed by atoms with Gasteiger partial charge in [0, 0.05) is 17.5 Å². The molecule has 7 heteroatoms. The molecule has 2 heterocycles. The molecule has 2 aromatic heterocycles. The van der Waals surface area contributed by atoms with Gasteiger partial charge in [0.25, 0.3) is 5.56 Å². The SMILES string of the molecule is Cn1c2cc(Cl)ccc2c2[nH]c(=O)n(N)c(=O)c21. The highest BCUT2D eigenvalue weighted by Crippen LogP contribution is 2.26. The average molecular weight is 265 g/mol. The predicted octanol–water partition coefficient (Wildman–Crippen LogP) is 0.549. The van der Waals surface area contributed by atoms with Crippen LogP contribution in [0, 0.1) is 0 Å². The molecule has 0 amide bonds. The zero-order chi connectivity index (χ0) is 13.0. The number of benzene rings is 1. The lowest BCUT2D eigenvalue weighted by Crippen LogP contribution is -2.40. The van der Waals surface area contributed by atoms with E-state index < -0.39 is 11.2 Å². The summed E-state index contributed by atoms with van der Waals surface area (Å²) in [5.74, 6) is 5.39. The van der Waals surface area contributed by atoms with E-state index in [0.717, 1.165) is 10.9 Å². The third kappa shape index (κ3) is 1.23. The van der Waals surface area contributed by atoms with Crippen molar-refractivity contribution < 1.29 is 0 Å². The van der Waals surface area contributed by atoms with Crippen molar-refractivity contribution in [2.75, 3.05) is 5.84 Å². The van der Waals surface area contributed by atoms with Crippen molar-refractivity contribution in [3.05, 3.63) is 44.1 Å². The molecule has 18 heavy (non-hydrogen) atoms. The number of aromatic nitrogens is 3. The fourth-order valence-corrected chi connectivity index (χ4v) is 2.33. The minimum atomic E-state index is -0.644. The van der Waals surface area contributed by atoms with Gasteiger partial charge in [-0.3, -0.25) is 4.79 Å². The Morgan fingerprint density at radius 3 is 2.78 bits per heavy atom. The Kier molecular flexibility index (Phi) is 2.06. The Labute approximate surface area is 105 Å². The minimum absolute atomic E-state index is 0.342. The van der Waals surface area contributed by atoms with Gasteiger partial charge in [-0.05, 0) is 18.2 Å². The van der Waals surface area contributed by atoms with Crippen molar-refractivity contribution >= 4 is 33.5 Å². The Morgan fingerprint density at radius 1 is 1.33 bits per heavy atom. The number of nitrogens with zero attached hydrogens (tertiary/aromatic N) is 2. The van der Waals surface area contributed by atoms with Crippen molar-refractivity contribution in [1.29, 1.82) is 0 Å². The normalized spacial score (nSPS) is 11.4. The molecule has 0 atom stereocenters. The number of fused-ring (bicyclic) bond motifs is 3. The zero-order valence-electron chi connectivity index (χ0n) is 9.40. The number of halogens is 1. The van der Waals surface area contributed by atoms with Crippen LogP contribution in [-0.2, 0) is 7.05 Å². The van der Waals surface area contributed by atoms with Gasteiger partial charge >= 0.3 is 5.69 Å². The molecular formula is C11H9ClN4O2. The van der Waals surface area contributed by atoms with Gasteiger partial charge in [-0.25, -0.2) is 4.79 Å². The molecule has 3 rings (SSSR count). The second-order valence-electron chi connectivity index (χ2n) is 4.05. The van der Waals surface area contributed by atoms with Gasteiger partial charge in [-0.2, -0.15) is 4.68 Å². The summed E-state index contributed by atoms with van der Waals surface area (Å²) in [6, 6.07) is 5.20. The van der Waals surface area contributed by atoms with Crippen molar-refractivity contribution in [1.82, 2.24) is 14.2 Å². The highest BCUT2D eigenvalue weighted by atomic mass is 35.5. The van der Waals surface area contributed by atoms with Gasteiger partial charge < -0.3 is 15.4 Å². The number of hydrogen-bond acceptors (Lipinski definition) is 3. The van der Waals surface area contributed by atoms with Gasteiger partial charge in [-0.15, -0.1) is 0 Å². The van der Waals surface area contributed by atoms with E-state index in [9.17, 15) is 9.59 Å². The Morgan fingerprint density at radius 2 is 2.06 bits per heavy atom. The molecule has 0 saturated heterocycles. The van der Waals surface area contributed by atoms with E-state index in [-0.39, 0.29) is 0 Å². The number of H-pyrrole nitrogens is 1. The van der Waals surface area contributed by atoms with Gasteiger partial charge in [0.05, 0.1) is 11.0 Å². The van der Waals surface area contributed by atoms with Crippen LogP contribution in [0.5, 0.6) is 0 Å². The fourth-order valence-electron chi connectivity index (χ4n) is 2.16. The van der Waals surface area contributed by atoms with Crippen molar-refractivity contribution in [2.24, 2.45) is 7.05 Å². The third-order valence-electron chi connectivity index (χ3n) is 3.03. The standard InChI is InChI=1S/C11H9ClN4O2/c1-15-7-4-5(12)2-3-6(7)8-9(15)10(17)16(13)11(18)14-8/h2-4H,13H2,1H3,(H,14,18). The van der Waals surface area contributed by atoms with Gasteiger partial charge in [0.2, 0.25) is 0 Å². The summed E-state index contributed by atoms with van der Waals surface area (Å²) in [6.45, 7) is 0. The lowest BCUT2D eigenvalue weighted by atomic mass is 10.2. The highest BCUT2D eigenvalue weighted by molar-refractivity contribution is 6.31. The van der Waals surface area contributed by atoms with Gasteiger partial charge in [-0.1, -0.05) is 11.6 Å². The number of nitrogens with two attached hydrogens (primary N) is 1. The molecular weight excluding hydrogens is 256 g/mol. The van der Waals surface area contributed by atoms with Gasteiger partial charge in [0.1, 0.15) is 5.52 Å². The summed E-state index contributed by atoms with van der Waals surface area (Å²) in [7, 11) is 1.72. The summed E-state index contributed by atoms with van der Waals surface area (Å²) < 4.78 is 2.22. The molecule has 0 spiro atoms. The first-order chi connectivity index (χ1) is 8.50. The largest absolute Gasteiger partial charge is 0.347 e. The molecule has 0 unspecified atom stereocenters. The first-order valence-corrected chi connectivity index (χ1v) is 5.56. The number of nitrogen functional groups attached to an aromatic ring is 1. The Balaban J connectivity index is 2.73. The number of nitrogens with one attached hydrogen (secondary N) is 1. The number of aryl methyl sites for hydroxylation is 1. The topological polar surface area (TPSA) is 85.8 Å².